The van der Waals surface area contributed by atoms with Gasteiger partial charge in [0.15, 0.2) is 32.8 Å². The van der Waals surface area contributed by atoms with Gasteiger partial charge in [-0.3, -0.25) is 14.3 Å². The SMILES string of the molecule is BC1(B)Oc2cc3c(cc2O1)C(c1ccc(NC2CCN(CCCF)C2)cn1)N(CC(F)(F)CO)CC3. The zero-order chi connectivity index (χ0) is 26.2. The van der Waals surface area contributed by atoms with Crippen molar-refractivity contribution in [2.45, 2.75) is 42.9 Å². The van der Waals surface area contributed by atoms with Crippen molar-refractivity contribution in [3.63, 3.8) is 0 Å². The molecule has 0 bridgehead atoms. The summed E-state index contributed by atoms with van der Waals surface area (Å²) >= 11 is 0. The normalized spacial score (nSPS) is 23.2. The number of ether oxygens (including phenoxy) is 2. The Bertz CT molecular complexity index is 1110. The van der Waals surface area contributed by atoms with E-state index in [2.05, 4.69) is 10.2 Å². The summed E-state index contributed by atoms with van der Waals surface area (Å²) in [6, 6.07) is 7.36. The number of halogens is 3. The van der Waals surface area contributed by atoms with Crippen LogP contribution in [-0.2, 0) is 6.42 Å². The van der Waals surface area contributed by atoms with E-state index in [1.165, 1.54) is 0 Å². The zero-order valence-electron chi connectivity index (χ0n) is 21.4. The molecular formula is C25H33B2F3N4O3. The van der Waals surface area contributed by atoms with Crippen molar-refractivity contribution in [3.8, 4) is 11.5 Å². The van der Waals surface area contributed by atoms with Gasteiger partial charge >= 0.3 is 0 Å². The maximum Gasteiger partial charge on any atom is 0.283 e. The number of anilines is 1. The predicted molar refractivity (Wildman–Crippen MR) is 140 cm³/mol. The van der Waals surface area contributed by atoms with Crippen molar-refractivity contribution >= 4 is 21.4 Å². The minimum absolute atomic E-state index is 0.255. The summed E-state index contributed by atoms with van der Waals surface area (Å²) in [6.07, 6.45) is 3.84. The number of fused-ring (bicyclic) bond motifs is 2. The van der Waals surface area contributed by atoms with Gasteiger partial charge in [-0.25, -0.2) is 8.78 Å². The third kappa shape index (κ3) is 5.86. The molecule has 2 aromatic rings. The lowest BCUT2D eigenvalue weighted by Gasteiger charge is -2.38. The van der Waals surface area contributed by atoms with Crippen molar-refractivity contribution in [2.24, 2.45) is 0 Å². The van der Waals surface area contributed by atoms with E-state index in [0.717, 1.165) is 42.9 Å². The monoisotopic (exact) mass is 516 g/mol. The molecule has 1 aromatic heterocycles. The first-order chi connectivity index (χ1) is 17.7. The van der Waals surface area contributed by atoms with E-state index in [-0.39, 0.29) is 12.7 Å². The van der Waals surface area contributed by atoms with Crippen LogP contribution in [0.1, 0.15) is 35.7 Å². The molecule has 0 amide bonds. The van der Waals surface area contributed by atoms with E-state index in [9.17, 15) is 18.3 Å². The highest BCUT2D eigenvalue weighted by Gasteiger charge is 2.40. The summed E-state index contributed by atoms with van der Waals surface area (Å²) in [4.78, 5) is 8.63. The van der Waals surface area contributed by atoms with Gasteiger partial charge in [0, 0.05) is 32.2 Å². The number of alkyl halides is 3. The van der Waals surface area contributed by atoms with Crippen LogP contribution >= 0.6 is 0 Å². The second kappa shape index (κ2) is 10.4. The fourth-order valence-corrected chi connectivity index (χ4v) is 5.58. The third-order valence-electron chi connectivity index (χ3n) is 7.23. The second-order valence-corrected chi connectivity index (χ2v) is 10.7. The van der Waals surface area contributed by atoms with E-state index in [4.69, 9.17) is 14.5 Å². The Balaban J connectivity index is 1.39. The highest BCUT2D eigenvalue weighted by molar-refractivity contribution is 6.38. The molecular weight excluding hydrogens is 483 g/mol. The van der Waals surface area contributed by atoms with Crippen molar-refractivity contribution < 1.29 is 27.8 Å². The molecule has 3 aliphatic rings. The lowest BCUT2D eigenvalue weighted by Crippen LogP contribution is -2.45. The smallest absolute Gasteiger partial charge is 0.283 e. The maximum atomic E-state index is 14.3. The maximum absolute atomic E-state index is 14.3. The Morgan fingerprint density at radius 1 is 1.19 bits per heavy atom. The fourth-order valence-electron chi connectivity index (χ4n) is 5.58. The summed E-state index contributed by atoms with van der Waals surface area (Å²) in [6.45, 7) is 0.857. The molecule has 37 heavy (non-hydrogen) atoms. The third-order valence-corrected chi connectivity index (χ3v) is 7.23. The molecule has 12 heteroatoms. The number of nitrogens with one attached hydrogen (secondary N) is 1. The zero-order valence-corrected chi connectivity index (χ0v) is 21.4. The molecule has 1 aromatic carbocycles. The number of hydrogen-bond acceptors (Lipinski definition) is 7. The molecule has 1 saturated heterocycles. The summed E-state index contributed by atoms with van der Waals surface area (Å²) in [5.74, 6) is -1.99. The van der Waals surface area contributed by atoms with Crippen LogP contribution in [0, 0.1) is 0 Å². The van der Waals surface area contributed by atoms with E-state index in [1.807, 2.05) is 40.0 Å². The van der Waals surface area contributed by atoms with E-state index < -0.39 is 30.7 Å². The van der Waals surface area contributed by atoms with Crippen LogP contribution in [0.15, 0.2) is 30.5 Å². The van der Waals surface area contributed by atoms with Crippen LogP contribution in [0.2, 0.25) is 0 Å². The Kier molecular flexibility index (Phi) is 7.35. The van der Waals surface area contributed by atoms with Crippen molar-refractivity contribution in [2.75, 3.05) is 51.3 Å². The van der Waals surface area contributed by atoms with Crippen molar-refractivity contribution in [3.05, 3.63) is 47.3 Å². The highest BCUT2D eigenvalue weighted by Crippen LogP contribution is 2.45. The van der Waals surface area contributed by atoms with Crippen LogP contribution < -0.4 is 14.8 Å². The van der Waals surface area contributed by atoms with Gasteiger partial charge in [0.05, 0.1) is 36.8 Å². The lowest BCUT2D eigenvalue weighted by molar-refractivity contribution is -0.0788. The van der Waals surface area contributed by atoms with Gasteiger partial charge in [0.25, 0.3) is 5.92 Å². The van der Waals surface area contributed by atoms with E-state index >= 15 is 0 Å². The first kappa shape index (κ1) is 26.2. The number of likely N-dealkylation sites (tertiary alicyclic amines) is 1. The molecule has 2 atom stereocenters. The minimum atomic E-state index is -3.23. The number of aliphatic hydroxyl groups excluding tert-OH is 1. The number of nitrogens with zero attached hydrogens (tertiary/aromatic N) is 3. The number of benzene rings is 1. The fraction of sp³-hybridized carbons (Fsp3) is 0.560. The van der Waals surface area contributed by atoms with Gasteiger partial charge in [-0.2, -0.15) is 0 Å². The lowest BCUT2D eigenvalue weighted by atomic mass is 9.76. The molecule has 0 spiro atoms. The van der Waals surface area contributed by atoms with Crippen molar-refractivity contribution in [1.29, 1.82) is 0 Å². The van der Waals surface area contributed by atoms with Gasteiger partial charge < -0.3 is 24.8 Å². The van der Waals surface area contributed by atoms with Crippen LogP contribution in [-0.4, -0.2) is 99.1 Å². The largest absolute Gasteiger partial charge is 0.467 e. The van der Waals surface area contributed by atoms with Crippen LogP contribution in [0.5, 0.6) is 11.5 Å². The number of pyridine rings is 1. The predicted octanol–water partition coefficient (Wildman–Crippen LogP) is 1.15. The molecule has 2 N–H and O–H groups in total. The average molecular weight is 516 g/mol. The molecule has 1 fully saturated rings. The highest BCUT2D eigenvalue weighted by atomic mass is 19.3. The summed E-state index contributed by atoms with van der Waals surface area (Å²) < 4.78 is 53.0. The summed E-state index contributed by atoms with van der Waals surface area (Å²) in [5, 5.41) is 12.7. The summed E-state index contributed by atoms with van der Waals surface area (Å²) in [7, 11) is 3.66. The van der Waals surface area contributed by atoms with Crippen LogP contribution in [0.3, 0.4) is 0 Å². The number of hydrogen-bond donors (Lipinski definition) is 2. The topological polar surface area (TPSA) is 70.1 Å². The molecule has 2 unspecified atom stereocenters. The molecule has 7 nitrogen and oxygen atoms in total. The van der Waals surface area contributed by atoms with Gasteiger partial charge in [0.1, 0.15) is 6.61 Å². The average Bonchev–Trinajstić information content (AvgIpc) is 3.43. The molecule has 0 saturated carbocycles. The Labute approximate surface area is 217 Å². The van der Waals surface area contributed by atoms with Gasteiger partial charge in [-0.15, -0.1) is 0 Å². The molecule has 3 aliphatic heterocycles. The van der Waals surface area contributed by atoms with E-state index in [1.54, 1.807) is 11.1 Å². The summed E-state index contributed by atoms with van der Waals surface area (Å²) in [5.41, 5.74) is 2.58. The number of rotatable bonds is 9. The Morgan fingerprint density at radius 2 is 1.97 bits per heavy atom. The molecule has 0 aliphatic carbocycles. The van der Waals surface area contributed by atoms with Gasteiger partial charge in [-0.05, 0) is 54.7 Å². The standard InChI is InChI=1S/C25H33B2F3N4O3/c26-25(27)36-21-10-16-4-9-34(14-24(29,30)15-35)23(19(16)11-22(21)37-25)20-3-2-17(12-31-20)32-18-5-8-33(13-18)7-1-6-28/h2-3,10-12,18,23,32,35H,1,4-9,13-15,26-27H2. The molecule has 5 rings (SSSR count). The number of aliphatic hydroxyl groups is 1. The van der Waals surface area contributed by atoms with Crippen LogP contribution in [0.4, 0.5) is 18.9 Å². The molecule has 4 heterocycles. The van der Waals surface area contributed by atoms with Crippen molar-refractivity contribution in [1.82, 2.24) is 14.8 Å². The van der Waals surface area contributed by atoms with Gasteiger partial charge in [0.2, 0.25) is 0 Å². The van der Waals surface area contributed by atoms with E-state index in [0.29, 0.717) is 36.6 Å². The minimum Gasteiger partial charge on any atom is -0.467 e. The quantitative estimate of drug-likeness (QED) is 0.485. The Hall–Kier alpha value is -2.43. The van der Waals surface area contributed by atoms with Crippen LogP contribution in [0.25, 0.3) is 0 Å². The molecule has 198 valence electrons. The first-order valence-electron chi connectivity index (χ1n) is 12.9. The number of aromatic nitrogens is 1. The molecule has 0 radical (unpaired) electrons. The first-order valence-corrected chi connectivity index (χ1v) is 12.9. The second-order valence-electron chi connectivity index (χ2n) is 10.7. The van der Waals surface area contributed by atoms with Gasteiger partial charge in [-0.1, -0.05) is 0 Å². The Morgan fingerprint density at radius 3 is 2.68 bits per heavy atom.